The lowest BCUT2D eigenvalue weighted by Crippen LogP contribution is -2.08. The van der Waals surface area contributed by atoms with E-state index in [9.17, 15) is 4.39 Å². The van der Waals surface area contributed by atoms with Gasteiger partial charge < -0.3 is 5.32 Å². The summed E-state index contributed by atoms with van der Waals surface area (Å²) in [6.07, 6.45) is 2.22. The number of nitrogens with zero attached hydrogens (tertiary/aromatic N) is 2. The van der Waals surface area contributed by atoms with E-state index in [1.807, 2.05) is 13.8 Å². The maximum atomic E-state index is 13.2. The zero-order chi connectivity index (χ0) is 10.6. The van der Waals surface area contributed by atoms with Crippen molar-refractivity contribution >= 4 is 5.95 Å². The number of rotatable bonds is 4. The lowest BCUT2D eigenvalue weighted by molar-refractivity contribution is 0.577. The van der Waals surface area contributed by atoms with Crippen LogP contribution in [0.5, 0.6) is 0 Å². The van der Waals surface area contributed by atoms with Crippen LogP contribution in [0.15, 0.2) is 6.20 Å². The Bertz CT molecular complexity index is 299. The van der Waals surface area contributed by atoms with Gasteiger partial charge in [0.25, 0.3) is 0 Å². The minimum Gasteiger partial charge on any atom is -0.354 e. The van der Waals surface area contributed by atoms with Gasteiger partial charge in [-0.05, 0) is 12.3 Å². The summed E-state index contributed by atoms with van der Waals surface area (Å²) in [5.41, 5.74) is 0.471. The molecule has 1 aromatic rings. The summed E-state index contributed by atoms with van der Waals surface area (Å²) in [5.74, 6) is 0.263. The van der Waals surface area contributed by atoms with Crippen LogP contribution in [0.4, 0.5) is 10.3 Å². The van der Waals surface area contributed by atoms with Gasteiger partial charge in [-0.15, -0.1) is 0 Å². The smallest absolute Gasteiger partial charge is 0.223 e. The highest BCUT2D eigenvalue weighted by molar-refractivity contribution is 5.26. The summed E-state index contributed by atoms with van der Waals surface area (Å²) in [7, 11) is 0. The molecule has 0 unspecified atom stereocenters. The van der Waals surface area contributed by atoms with Crippen molar-refractivity contribution in [1.82, 2.24) is 9.97 Å². The van der Waals surface area contributed by atoms with Gasteiger partial charge in [0.1, 0.15) is 0 Å². The number of hydrogen-bond acceptors (Lipinski definition) is 3. The van der Waals surface area contributed by atoms with Crippen molar-refractivity contribution in [3.8, 4) is 0 Å². The highest BCUT2D eigenvalue weighted by atomic mass is 19.1. The molecule has 0 spiro atoms. The molecule has 0 aliphatic rings. The molecule has 0 saturated heterocycles. The number of nitrogens with one attached hydrogen (secondary N) is 1. The lowest BCUT2D eigenvalue weighted by Gasteiger charge is -2.08. The Hall–Kier alpha value is -1.19. The van der Waals surface area contributed by atoms with E-state index in [1.165, 1.54) is 6.20 Å². The molecular formula is C10H16FN3. The maximum Gasteiger partial charge on any atom is 0.223 e. The molecule has 0 radical (unpaired) electrons. The number of hydrogen-bond donors (Lipinski definition) is 1. The standard InChI is InChI=1S/C10H16FN3/c1-4-5-12-10-13-6-8(11)9(14-10)7(2)3/h6-7H,4-5H2,1-3H3,(H,12,13,14). The quantitative estimate of drug-likeness (QED) is 0.806. The summed E-state index contributed by atoms with van der Waals surface area (Å²) in [6, 6.07) is 0. The van der Waals surface area contributed by atoms with Gasteiger partial charge in [0.05, 0.1) is 11.9 Å². The van der Waals surface area contributed by atoms with Crippen molar-refractivity contribution < 1.29 is 4.39 Å². The number of aromatic nitrogens is 2. The first kappa shape index (κ1) is 10.9. The average Bonchev–Trinajstić information content (AvgIpc) is 2.16. The Kier molecular flexibility index (Phi) is 3.80. The van der Waals surface area contributed by atoms with Gasteiger partial charge in [0, 0.05) is 6.54 Å². The van der Waals surface area contributed by atoms with E-state index in [2.05, 4.69) is 22.2 Å². The first-order chi connectivity index (χ1) is 6.65. The molecule has 0 aliphatic carbocycles. The summed E-state index contributed by atoms with van der Waals surface area (Å²) in [6.45, 7) is 6.69. The zero-order valence-corrected chi connectivity index (χ0v) is 8.84. The molecule has 0 aliphatic heterocycles. The molecule has 1 rings (SSSR count). The van der Waals surface area contributed by atoms with E-state index < -0.39 is 0 Å². The Balaban J connectivity index is 2.83. The maximum absolute atomic E-state index is 13.2. The van der Waals surface area contributed by atoms with Crippen LogP contribution in [0.1, 0.15) is 38.8 Å². The molecule has 0 saturated carbocycles. The van der Waals surface area contributed by atoms with E-state index in [-0.39, 0.29) is 11.7 Å². The van der Waals surface area contributed by atoms with Gasteiger partial charge in [-0.2, -0.15) is 0 Å². The second-order valence-corrected chi connectivity index (χ2v) is 3.51. The number of anilines is 1. The third kappa shape index (κ3) is 2.65. The fourth-order valence-electron chi connectivity index (χ4n) is 1.11. The molecule has 3 nitrogen and oxygen atoms in total. The second kappa shape index (κ2) is 4.88. The minimum absolute atomic E-state index is 0.0835. The van der Waals surface area contributed by atoms with E-state index in [0.717, 1.165) is 13.0 Å². The van der Waals surface area contributed by atoms with Crippen molar-refractivity contribution in [2.24, 2.45) is 0 Å². The van der Waals surface area contributed by atoms with Gasteiger partial charge in [0.15, 0.2) is 5.82 Å². The molecule has 0 bridgehead atoms. The van der Waals surface area contributed by atoms with Crippen LogP contribution in [0.25, 0.3) is 0 Å². The Morgan fingerprint density at radius 3 is 2.79 bits per heavy atom. The minimum atomic E-state index is -0.331. The first-order valence-corrected chi connectivity index (χ1v) is 4.91. The second-order valence-electron chi connectivity index (χ2n) is 3.51. The van der Waals surface area contributed by atoms with Crippen molar-refractivity contribution in [1.29, 1.82) is 0 Å². The molecule has 0 fully saturated rings. The van der Waals surface area contributed by atoms with Crippen LogP contribution in [0.2, 0.25) is 0 Å². The fraction of sp³-hybridized carbons (Fsp3) is 0.600. The Morgan fingerprint density at radius 2 is 2.21 bits per heavy atom. The van der Waals surface area contributed by atoms with Crippen molar-refractivity contribution in [2.75, 3.05) is 11.9 Å². The topological polar surface area (TPSA) is 37.8 Å². The highest BCUT2D eigenvalue weighted by Gasteiger charge is 2.09. The summed E-state index contributed by atoms with van der Waals surface area (Å²) in [4.78, 5) is 7.97. The summed E-state index contributed by atoms with van der Waals surface area (Å²) >= 11 is 0. The molecule has 4 heteroatoms. The zero-order valence-electron chi connectivity index (χ0n) is 8.84. The molecule has 78 valence electrons. The number of halogens is 1. The van der Waals surface area contributed by atoms with E-state index in [4.69, 9.17) is 0 Å². The first-order valence-electron chi connectivity index (χ1n) is 4.91. The molecule has 1 N–H and O–H groups in total. The van der Waals surface area contributed by atoms with Gasteiger partial charge in [-0.1, -0.05) is 20.8 Å². The molecular weight excluding hydrogens is 181 g/mol. The Morgan fingerprint density at radius 1 is 1.50 bits per heavy atom. The summed E-state index contributed by atoms with van der Waals surface area (Å²) < 4.78 is 13.2. The van der Waals surface area contributed by atoms with Crippen molar-refractivity contribution in [3.05, 3.63) is 17.7 Å². The molecule has 14 heavy (non-hydrogen) atoms. The molecule has 0 atom stereocenters. The van der Waals surface area contributed by atoms with Crippen LogP contribution in [-0.2, 0) is 0 Å². The van der Waals surface area contributed by atoms with Crippen LogP contribution >= 0.6 is 0 Å². The fourth-order valence-corrected chi connectivity index (χ4v) is 1.11. The van der Waals surface area contributed by atoms with Gasteiger partial charge in [-0.3, -0.25) is 0 Å². The third-order valence-electron chi connectivity index (χ3n) is 1.85. The predicted octanol–water partition coefficient (Wildman–Crippen LogP) is 2.56. The lowest BCUT2D eigenvalue weighted by atomic mass is 10.1. The van der Waals surface area contributed by atoms with E-state index >= 15 is 0 Å². The van der Waals surface area contributed by atoms with E-state index in [0.29, 0.717) is 11.6 Å². The Labute approximate surface area is 83.8 Å². The molecule has 1 heterocycles. The van der Waals surface area contributed by atoms with Gasteiger partial charge >= 0.3 is 0 Å². The van der Waals surface area contributed by atoms with Crippen molar-refractivity contribution in [3.63, 3.8) is 0 Å². The van der Waals surface area contributed by atoms with Crippen LogP contribution in [0, 0.1) is 5.82 Å². The molecule has 0 amide bonds. The largest absolute Gasteiger partial charge is 0.354 e. The highest BCUT2D eigenvalue weighted by Crippen LogP contribution is 2.16. The SMILES string of the molecule is CCCNc1ncc(F)c(C(C)C)n1. The third-order valence-corrected chi connectivity index (χ3v) is 1.85. The predicted molar refractivity (Wildman–Crippen MR) is 54.9 cm³/mol. The van der Waals surface area contributed by atoms with Crippen LogP contribution < -0.4 is 5.32 Å². The average molecular weight is 197 g/mol. The van der Waals surface area contributed by atoms with Crippen molar-refractivity contribution in [2.45, 2.75) is 33.1 Å². The normalized spacial score (nSPS) is 10.6. The molecule has 0 aromatic carbocycles. The van der Waals surface area contributed by atoms with Crippen LogP contribution in [-0.4, -0.2) is 16.5 Å². The monoisotopic (exact) mass is 197 g/mol. The van der Waals surface area contributed by atoms with Gasteiger partial charge in [-0.25, -0.2) is 14.4 Å². The summed E-state index contributed by atoms with van der Waals surface area (Å²) in [5, 5.41) is 3.03. The van der Waals surface area contributed by atoms with Crippen LogP contribution in [0.3, 0.4) is 0 Å². The molecule has 1 aromatic heterocycles. The van der Waals surface area contributed by atoms with E-state index in [1.54, 1.807) is 0 Å². The van der Waals surface area contributed by atoms with Gasteiger partial charge in [0.2, 0.25) is 5.95 Å².